The van der Waals surface area contributed by atoms with Gasteiger partial charge >= 0.3 is 0 Å². The zero-order chi connectivity index (χ0) is 18.2. The highest BCUT2D eigenvalue weighted by atomic mass is 16.5. The molecule has 0 aliphatic carbocycles. The van der Waals surface area contributed by atoms with Gasteiger partial charge in [0.05, 0.1) is 7.11 Å². The summed E-state index contributed by atoms with van der Waals surface area (Å²) in [5.41, 5.74) is 1.97. The minimum atomic E-state index is -0.0263. The monoisotopic (exact) mass is 353 g/mol. The number of nitrogens with zero attached hydrogens (tertiary/aromatic N) is 2. The SMILES string of the molecule is COc1ccc(C(=O)NCCCN2CCN(c3ccccc3)CC2)cc1. The molecule has 5 heteroatoms. The van der Waals surface area contributed by atoms with Crippen molar-refractivity contribution < 1.29 is 9.53 Å². The van der Waals surface area contributed by atoms with E-state index in [-0.39, 0.29) is 5.91 Å². The number of methoxy groups -OCH3 is 1. The van der Waals surface area contributed by atoms with Crippen molar-refractivity contribution in [1.29, 1.82) is 0 Å². The van der Waals surface area contributed by atoms with Crippen LogP contribution in [0.2, 0.25) is 0 Å². The molecule has 1 N–H and O–H groups in total. The number of hydrogen-bond donors (Lipinski definition) is 1. The van der Waals surface area contributed by atoms with Gasteiger partial charge in [-0.1, -0.05) is 18.2 Å². The summed E-state index contributed by atoms with van der Waals surface area (Å²) < 4.78 is 5.11. The summed E-state index contributed by atoms with van der Waals surface area (Å²) in [6.07, 6.45) is 0.966. The smallest absolute Gasteiger partial charge is 0.251 e. The maximum Gasteiger partial charge on any atom is 0.251 e. The van der Waals surface area contributed by atoms with E-state index in [2.05, 4.69) is 45.4 Å². The number of ether oxygens (including phenoxy) is 1. The van der Waals surface area contributed by atoms with Gasteiger partial charge < -0.3 is 15.0 Å². The molecule has 2 aromatic rings. The number of anilines is 1. The predicted molar refractivity (Wildman–Crippen MR) is 105 cm³/mol. The molecule has 1 fully saturated rings. The number of rotatable bonds is 7. The van der Waals surface area contributed by atoms with Crippen LogP contribution in [-0.4, -0.2) is 57.2 Å². The lowest BCUT2D eigenvalue weighted by Crippen LogP contribution is -2.47. The summed E-state index contributed by atoms with van der Waals surface area (Å²) in [7, 11) is 1.62. The zero-order valence-corrected chi connectivity index (χ0v) is 15.4. The Morgan fingerprint density at radius 2 is 1.69 bits per heavy atom. The molecule has 0 aromatic heterocycles. The lowest BCUT2D eigenvalue weighted by atomic mass is 10.2. The number of nitrogens with one attached hydrogen (secondary N) is 1. The van der Waals surface area contributed by atoms with Gasteiger partial charge in [-0.25, -0.2) is 0 Å². The van der Waals surface area contributed by atoms with E-state index < -0.39 is 0 Å². The van der Waals surface area contributed by atoms with E-state index in [0.29, 0.717) is 12.1 Å². The molecule has 0 spiro atoms. The van der Waals surface area contributed by atoms with Crippen LogP contribution in [-0.2, 0) is 0 Å². The number of carbonyl (C=O) groups excluding carboxylic acids is 1. The van der Waals surface area contributed by atoms with Crippen LogP contribution in [0.3, 0.4) is 0 Å². The average molecular weight is 353 g/mol. The van der Waals surface area contributed by atoms with Gasteiger partial charge in [0, 0.05) is 44.0 Å². The molecule has 0 bridgehead atoms. The van der Waals surface area contributed by atoms with Crippen LogP contribution in [0.1, 0.15) is 16.8 Å². The zero-order valence-electron chi connectivity index (χ0n) is 15.4. The molecule has 1 aliphatic heterocycles. The topological polar surface area (TPSA) is 44.8 Å². The lowest BCUT2D eigenvalue weighted by molar-refractivity contribution is 0.0951. The Morgan fingerprint density at radius 3 is 2.35 bits per heavy atom. The molecular formula is C21H27N3O2. The Morgan fingerprint density at radius 1 is 1.00 bits per heavy atom. The van der Waals surface area contributed by atoms with Crippen LogP contribution in [0.25, 0.3) is 0 Å². The summed E-state index contributed by atoms with van der Waals surface area (Å²) in [6, 6.07) is 17.8. The second kappa shape index (κ2) is 9.25. The van der Waals surface area contributed by atoms with E-state index in [1.165, 1.54) is 5.69 Å². The number of hydrogen-bond acceptors (Lipinski definition) is 4. The van der Waals surface area contributed by atoms with Gasteiger partial charge in [-0.3, -0.25) is 9.69 Å². The normalized spacial score (nSPS) is 14.9. The highest BCUT2D eigenvalue weighted by molar-refractivity contribution is 5.94. The van der Waals surface area contributed by atoms with Gasteiger partial charge in [-0.2, -0.15) is 0 Å². The van der Waals surface area contributed by atoms with Crippen LogP contribution >= 0.6 is 0 Å². The Hall–Kier alpha value is -2.53. The maximum atomic E-state index is 12.1. The molecule has 0 unspecified atom stereocenters. The van der Waals surface area contributed by atoms with Crippen LogP contribution < -0.4 is 15.0 Å². The van der Waals surface area contributed by atoms with Crippen molar-refractivity contribution in [2.24, 2.45) is 0 Å². The van der Waals surface area contributed by atoms with Gasteiger partial charge in [0.15, 0.2) is 0 Å². The van der Waals surface area contributed by atoms with E-state index >= 15 is 0 Å². The van der Waals surface area contributed by atoms with E-state index in [1.807, 2.05) is 0 Å². The van der Waals surface area contributed by atoms with E-state index in [9.17, 15) is 4.79 Å². The third-order valence-electron chi connectivity index (χ3n) is 4.78. The van der Waals surface area contributed by atoms with Gasteiger partial charge in [0.2, 0.25) is 0 Å². The average Bonchev–Trinajstić information content (AvgIpc) is 2.72. The molecule has 1 aliphatic rings. The summed E-state index contributed by atoms with van der Waals surface area (Å²) >= 11 is 0. The summed E-state index contributed by atoms with van der Waals surface area (Å²) in [5.74, 6) is 0.734. The molecule has 3 rings (SSSR count). The minimum absolute atomic E-state index is 0.0263. The quantitative estimate of drug-likeness (QED) is 0.778. The fourth-order valence-corrected chi connectivity index (χ4v) is 3.22. The lowest BCUT2D eigenvalue weighted by Gasteiger charge is -2.36. The third-order valence-corrected chi connectivity index (χ3v) is 4.78. The van der Waals surface area contributed by atoms with Crippen LogP contribution in [0, 0.1) is 0 Å². The number of benzene rings is 2. The van der Waals surface area contributed by atoms with Gasteiger partial charge in [-0.15, -0.1) is 0 Å². The van der Waals surface area contributed by atoms with Crippen molar-refractivity contribution >= 4 is 11.6 Å². The van der Waals surface area contributed by atoms with Crippen LogP contribution in [0.5, 0.6) is 5.75 Å². The molecular weight excluding hydrogens is 326 g/mol. The van der Waals surface area contributed by atoms with E-state index in [4.69, 9.17) is 4.74 Å². The number of amides is 1. The summed E-state index contributed by atoms with van der Waals surface area (Å²) in [4.78, 5) is 17.0. The van der Waals surface area contributed by atoms with Crippen LogP contribution in [0.4, 0.5) is 5.69 Å². The van der Waals surface area contributed by atoms with Gasteiger partial charge in [-0.05, 0) is 49.4 Å². The van der Waals surface area contributed by atoms with Crippen molar-refractivity contribution in [3.05, 3.63) is 60.2 Å². The standard InChI is InChI=1S/C21H27N3O2/c1-26-20-10-8-18(9-11-20)21(25)22-12-5-13-23-14-16-24(17-15-23)19-6-3-2-4-7-19/h2-4,6-11H,5,12-17H2,1H3,(H,22,25). The first-order valence-corrected chi connectivity index (χ1v) is 9.21. The Labute approximate surface area is 155 Å². The fourth-order valence-electron chi connectivity index (χ4n) is 3.22. The van der Waals surface area contributed by atoms with Crippen molar-refractivity contribution in [3.63, 3.8) is 0 Å². The molecule has 138 valence electrons. The molecule has 1 saturated heterocycles. The predicted octanol–water partition coefficient (Wildman–Crippen LogP) is 2.64. The number of piperazine rings is 1. The fraction of sp³-hybridized carbons (Fsp3) is 0.381. The van der Waals surface area contributed by atoms with Gasteiger partial charge in [0.25, 0.3) is 5.91 Å². The Bertz CT molecular complexity index is 680. The maximum absolute atomic E-state index is 12.1. The molecule has 0 saturated carbocycles. The first-order valence-electron chi connectivity index (χ1n) is 9.21. The van der Waals surface area contributed by atoms with Crippen molar-refractivity contribution in [1.82, 2.24) is 10.2 Å². The number of carbonyl (C=O) groups is 1. The second-order valence-corrected chi connectivity index (χ2v) is 6.50. The van der Waals surface area contributed by atoms with E-state index in [0.717, 1.165) is 44.9 Å². The van der Waals surface area contributed by atoms with Crippen molar-refractivity contribution in [2.45, 2.75) is 6.42 Å². The minimum Gasteiger partial charge on any atom is -0.497 e. The summed E-state index contributed by atoms with van der Waals surface area (Å²) in [6.45, 7) is 5.97. The third kappa shape index (κ3) is 4.99. The highest BCUT2D eigenvalue weighted by Gasteiger charge is 2.16. The molecule has 0 radical (unpaired) electrons. The first-order chi connectivity index (χ1) is 12.8. The summed E-state index contributed by atoms with van der Waals surface area (Å²) in [5, 5.41) is 2.99. The molecule has 5 nitrogen and oxygen atoms in total. The largest absolute Gasteiger partial charge is 0.497 e. The second-order valence-electron chi connectivity index (χ2n) is 6.50. The molecule has 26 heavy (non-hydrogen) atoms. The van der Waals surface area contributed by atoms with Crippen molar-refractivity contribution in [3.8, 4) is 5.75 Å². The molecule has 1 amide bonds. The molecule has 1 heterocycles. The van der Waals surface area contributed by atoms with Crippen molar-refractivity contribution in [2.75, 3.05) is 51.3 Å². The Balaban J connectivity index is 1.33. The Kier molecular flexibility index (Phi) is 6.50. The van der Waals surface area contributed by atoms with E-state index in [1.54, 1.807) is 31.4 Å². The van der Waals surface area contributed by atoms with Gasteiger partial charge in [0.1, 0.15) is 5.75 Å². The first kappa shape index (κ1) is 18.3. The number of para-hydroxylation sites is 1. The van der Waals surface area contributed by atoms with Crippen LogP contribution in [0.15, 0.2) is 54.6 Å². The highest BCUT2D eigenvalue weighted by Crippen LogP contribution is 2.15. The molecule has 0 atom stereocenters. The molecule has 2 aromatic carbocycles.